The monoisotopic (exact) mass is 470 g/mol. The summed E-state index contributed by atoms with van der Waals surface area (Å²) >= 11 is 1.36. The number of rotatable bonds is 5. The Morgan fingerprint density at radius 3 is 2.27 bits per heavy atom. The molecule has 4 aromatic rings. The third-order valence-corrected chi connectivity index (χ3v) is 6.26. The SMILES string of the molecule is CC(=O)c1cc(-c2ccc(-n3cc(C(C)(C)O)nc3-c3ccccc3C(F)(F)F)cc2)cs1. The van der Waals surface area contributed by atoms with Crippen LogP contribution in [0.4, 0.5) is 13.2 Å². The highest BCUT2D eigenvalue weighted by molar-refractivity contribution is 7.12. The number of carbonyl (C=O) groups excluding carboxylic acids is 1. The molecule has 2 aromatic heterocycles. The Bertz CT molecular complexity index is 1310. The van der Waals surface area contributed by atoms with Crippen molar-refractivity contribution in [3.63, 3.8) is 0 Å². The van der Waals surface area contributed by atoms with Crippen molar-refractivity contribution in [1.29, 1.82) is 0 Å². The van der Waals surface area contributed by atoms with Crippen molar-refractivity contribution in [1.82, 2.24) is 9.55 Å². The van der Waals surface area contributed by atoms with Gasteiger partial charge < -0.3 is 5.11 Å². The molecule has 0 aliphatic carbocycles. The smallest absolute Gasteiger partial charge is 0.384 e. The molecule has 4 rings (SSSR count). The zero-order valence-corrected chi connectivity index (χ0v) is 19.0. The topological polar surface area (TPSA) is 55.1 Å². The fourth-order valence-corrected chi connectivity index (χ4v) is 4.29. The zero-order valence-electron chi connectivity index (χ0n) is 18.1. The summed E-state index contributed by atoms with van der Waals surface area (Å²) in [5.74, 6) is 0.0793. The normalized spacial score (nSPS) is 12.2. The van der Waals surface area contributed by atoms with E-state index in [2.05, 4.69) is 4.98 Å². The van der Waals surface area contributed by atoms with Gasteiger partial charge in [-0.3, -0.25) is 9.36 Å². The van der Waals surface area contributed by atoms with Crippen LogP contribution in [0, 0.1) is 0 Å². The quantitative estimate of drug-likeness (QED) is 0.330. The van der Waals surface area contributed by atoms with E-state index in [0.29, 0.717) is 10.6 Å². The Kier molecular flexibility index (Phi) is 5.76. The molecule has 0 fully saturated rings. The second-order valence-electron chi connectivity index (χ2n) is 8.22. The molecule has 0 aliphatic heterocycles. The molecular formula is C25H21F3N2O2S. The number of aliphatic hydroxyl groups is 1. The number of halogens is 3. The maximum absolute atomic E-state index is 13.7. The molecule has 0 saturated carbocycles. The summed E-state index contributed by atoms with van der Waals surface area (Å²) in [7, 11) is 0. The summed E-state index contributed by atoms with van der Waals surface area (Å²) in [6.45, 7) is 4.58. The average molecular weight is 471 g/mol. The second kappa shape index (κ2) is 8.28. The highest BCUT2D eigenvalue weighted by Crippen LogP contribution is 2.38. The lowest BCUT2D eigenvalue weighted by molar-refractivity contribution is -0.137. The van der Waals surface area contributed by atoms with E-state index >= 15 is 0 Å². The summed E-state index contributed by atoms with van der Waals surface area (Å²) in [6, 6.07) is 14.3. The lowest BCUT2D eigenvalue weighted by Crippen LogP contribution is -2.15. The number of benzene rings is 2. The molecule has 33 heavy (non-hydrogen) atoms. The van der Waals surface area contributed by atoms with E-state index in [1.54, 1.807) is 22.9 Å². The van der Waals surface area contributed by atoms with Crippen molar-refractivity contribution in [2.75, 3.05) is 0 Å². The molecule has 8 heteroatoms. The van der Waals surface area contributed by atoms with Gasteiger partial charge in [0.15, 0.2) is 5.78 Å². The standard InChI is InChI=1S/C25H21F3N2O2S/c1-15(31)21-12-17(14-33-21)16-8-10-18(11-9-16)30-13-22(24(2,3)32)29-23(30)19-6-4-5-7-20(19)25(26,27)28/h4-14,32H,1-3H3. The van der Waals surface area contributed by atoms with Crippen LogP contribution in [0.25, 0.3) is 28.2 Å². The van der Waals surface area contributed by atoms with Gasteiger partial charge in [0.2, 0.25) is 0 Å². The molecule has 0 saturated heterocycles. The van der Waals surface area contributed by atoms with Crippen LogP contribution in [0.15, 0.2) is 66.2 Å². The van der Waals surface area contributed by atoms with E-state index in [0.717, 1.165) is 17.2 Å². The first-order valence-electron chi connectivity index (χ1n) is 10.1. The molecule has 2 aromatic carbocycles. The van der Waals surface area contributed by atoms with E-state index in [-0.39, 0.29) is 22.9 Å². The van der Waals surface area contributed by atoms with Crippen LogP contribution in [0.3, 0.4) is 0 Å². The summed E-state index contributed by atoms with van der Waals surface area (Å²) in [4.78, 5) is 16.6. The zero-order chi connectivity index (χ0) is 24.0. The highest BCUT2D eigenvalue weighted by atomic mass is 32.1. The van der Waals surface area contributed by atoms with Crippen LogP contribution in [-0.4, -0.2) is 20.4 Å². The Morgan fingerprint density at radius 2 is 1.70 bits per heavy atom. The van der Waals surface area contributed by atoms with Crippen LogP contribution >= 0.6 is 11.3 Å². The molecule has 0 radical (unpaired) electrons. The van der Waals surface area contributed by atoms with Gasteiger partial charge in [0, 0.05) is 17.4 Å². The number of hydrogen-bond donors (Lipinski definition) is 1. The minimum absolute atomic E-state index is 0.00611. The highest BCUT2D eigenvalue weighted by Gasteiger charge is 2.35. The number of imidazole rings is 1. The first-order valence-corrected chi connectivity index (χ1v) is 11.0. The predicted molar refractivity (Wildman–Crippen MR) is 123 cm³/mol. The van der Waals surface area contributed by atoms with Gasteiger partial charge in [0.25, 0.3) is 0 Å². The molecule has 170 valence electrons. The van der Waals surface area contributed by atoms with E-state index < -0.39 is 17.3 Å². The molecule has 0 spiro atoms. The third kappa shape index (κ3) is 4.62. The van der Waals surface area contributed by atoms with Crippen LogP contribution < -0.4 is 0 Å². The van der Waals surface area contributed by atoms with Crippen molar-refractivity contribution in [2.45, 2.75) is 32.5 Å². The van der Waals surface area contributed by atoms with Crippen LogP contribution in [0.2, 0.25) is 0 Å². The van der Waals surface area contributed by atoms with E-state index in [4.69, 9.17) is 0 Å². The van der Waals surface area contributed by atoms with Gasteiger partial charge >= 0.3 is 6.18 Å². The Hall–Kier alpha value is -3.23. The number of nitrogens with zero attached hydrogens (tertiary/aromatic N) is 2. The van der Waals surface area contributed by atoms with Crippen molar-refractivity contribution in [3.8, 4) is 28.2 Å². The second-order valence-corrected chi connectivity index (χ2v) is 9.14. The Balaban J connectivity index is 1.83. The third-order valence-electron chi connectivity index (χ3n) is 5.23. The lowest BCUT2D eigenvalue weighted by atomic mass is 10.1. The van der Waals surface area contributed by atoms with Crippen molar-refractivity contribution >= 4 is 17.1 Å². The van der Waals surface area contributed by atoms with Crippen LogP contribution in [-0.2, 0) is 11.8 Å². The molecular weight excluding hydrogens is 449 g/mol. The number of Topliss-reactive ketones (excluding diaryl/α,β-unsaturated/α-hetero) is 1. The van der Waals surface area contributed by atoms with Crippen LogP contribution in [0.5, 0.6) is 0 Å². The molecule has 1 N–H and O–H groups in total. The van der Waals surface area contributed by atoms with Gasteiger partial charge in [-0.15, -0.1) is 11.3 Å². The number of aromatic nitrogens is 2. The molecule has 0 atom stereocenters. The van der Waals surface area contributed by atoms with E-state index in [1.165, 1.54) is 50.3 Å². The summed E-state index contributed by atoms with van der Waals surface area (Å²) < 4.78 is 42.6. The summed E-state index contributed by atoms with van der Waals surface area (Å²) in [6.07, 6.45) is -3.00. The maximum atomic E-state index is 13.7. The number of alkyl halides is 3. The van der Waals surface area contributed by atoms with Gasteiger partial charge in [0.05, 0.1) is 16.1 Å². The lowest BCUT2D eigenvalue weighted by Gasteiger charge is -2.14. The number of hydrogen-bond acceptors (Lipinski definition) is 4. The van der Waals surface area contributed by atoms with Crippen molar-refractivity contribution < 1.29 is 23.1 Å². The van der Waals surface area contributed by atoms with Crippen LogP contribution in [0.1, 0.15) is 41.7 Å². The number of ketones is 1. The summed E-state index contributed by atoms with van der Waals surface area (Å²) in [5.41, 5.74) is 0.398. The summed E-state index contributed by atoms with van der Waals surface area (Å²) in [5, 5.41) is 12.4. The van der Waals surface area contributed by atoms with E-state index in [9.17, 15) is 23.1 Å². The van der Waals surface area contributed by atoms with Gasteiger partial charge in [-0.2, -0.15) is 13.2 Å². The first kappa shape index (κ1) is 22.9. The molecule has 0 amide bonds. The van der Waals surface area contributed by atoms with Gasteiger partial charge in [-0.05, 0) is 61.5 Å². The fraction of sp³-hybridized carbons (Fsp3) is 0.200. The Labute approximate surface area is 193 Å². The molecule has 0 unspecified atom stereocenters. The minimum Gasteiger partial charge on any atom is -0.384 e. The van der Waals surface area contributed by atoms with Crippen molar-refractivity contribution in [3.05, 3.63) is 82.3 Å². The molecule has 2 heterocycles. The molecule has 0 bridgehead atoms. The molecule has 4 nitrogen and oxygen atoms in total. The number of carbonyl (C=O) groups is 1. The largest absolute Gasteiger partial charge is 0.417 e. The first-order chi connectivity index (χ1) is 15.4. The minimum atomic E-state index is -4.56. The van der Waals surface area contributed by atoms with Gasteiger partial charge in [0.1, 0.15) is 11.4 Å². The Morgan fingerprint density at radius 1 is 1.03 bits per heavy atom. The van der Waals surface area contributed by atoms with Gasteiger partial charge in [-0.1, -0.05) is 30.3 Å². The van der Waals surface area contributed by atoms with Crippen molar-refractivity contribution in [2.24, 2.45) is 0 Å². The fourth-order valence-electron chi connectivity index (χ4n) is 3.47. The van der Waals surface area contributed by atoms with Gasteiger partial charge in [-0.25, -0.2) is 4.98 Å². The maximum Gasteiger partial charge on any atom is 0.417 e. The predicted octanol–water partition coefficient (Wildman–Crippen LogP) is 6.72. The number of thiophene rings is 1. The van der Waals surface area contributed by atoms with E-state index in [1.807, 2.05) is 23.6 Å². The molecule has 0 aliphatic rings. The average Bonchev–Trinajstić information content (AvgIpc) is 3.41.